The van der Waals surface area contributed by atoms with Crippen molar-refractivity contribution >= 4 is 5.91 Å². The second-order valence-corrected chi connectivity index (χ2v) is 6.49. The first kappa shape index (κ1) is 16.4. The molecule has 0 fully saturated rings. The summed E-state index contributed by atoms with van der Waals surface area (Å²) in [5.74, 6) is 0.778. The van der Waals surface area contributed by atoms with E-state index in [0.29, 0.717) is 13.0 Å². The molecule has 132 valence electrons. The zero-order chi connectivity index (χ0) is 17.8. The van der Waals surface area contributed by atoms with Gasteiger partial charge >= 0.3 is 0 Å². The number of nitrogens with one attached hydrogen (secondary N) is 1. The maximum Gasteiger partial charge on any atom is 0.222 e. The zero-order valence-corrected chi connectivity index (χ0v) is 14.5. The Morgan fingerprint density at radius 3 is 2.92 bits per heavy atom. The van der Waals surface area contributed by atoms with E-state index in [9.17, 15) is 4.79 Å². The molecule has 1 aliphatic carbocycles. The molecule has 0 spiro atoms. The highest BCUT2D eigenvalue weighted by Crippen LogP contribution is 2.29. The summed E-state index contributed by atoms with van der Waals surface area (Å²) in [5, 5.41) is 7.26. The van der Waals surface area contributed by atoms with E-state index >= 15 is 0 Å². The standard InChI is InChI=1S/C20H21N5O/c26-19(10-13-25-12-5-11-22-25)23-17-8-4-9-18-16(17)14-21-20(24-18)15-6-2-1-3-7-15/h1-3,5-7,11-12,14,17H,4,8-10,13H2,(H,23,26). The number of hydrogen-bond donors (Lipinski definition) is 1. The van der Waals surface area contributed by atoms with E-state index in [-0.39, 0.29) is 11.9 Å². The van der Waals surface area contributed by atoms with Crippen LogP contribution in [0.4, 0.5) is 0 Å². The molecule has 2 heterocycles. The summed E-state index contributed by atoms with van der Waals surface area (Å²) in [4.78, 5) is 21.6. The number of amides is 1. The van der Waals surface area contributed by atoms with Crippen molar-refractivity contribution < 1.29 is 4.79 Å². The van der Waals surface area contributed by atoms with Crippen molar-refractivity contribution in [1.29, 1.82) is 0 Å². The minimum Gasteiger partial charge on any atom is -0.349 e. The van der Waals surface area contributed by atoms with Crippen molar-refractivity contribution in [3.8, 4) is 11.4 Å². The Balaban J connectivity index is 1.46. The molecule has 3 aromatic rings. The Morgan fingerprint density at radius 1 is 1.23 bits per heavy atom. The van der Waals surface area contributed by atoms with Gasteiger partial charge in [-0.05, 0) is 25.3 Å². The highest BCUT2D eigenvalue weighted by Gasteiger charge is 2.23. The monoisotopic (exact) mass is 347 g/mol. The van der Waals surface area contributed by atoms with Crippen LogP contribution in [-0.4, -0.2) is 25.7 Å². The number of nitrogens with zero attached hydrogens (tertiary/aromatic N) is 4. The van der Waals surface area contributed by atoms with Crippen molar-refractivity contribution in [3.63, 3.8) is 0 Å². The van der Waals surface area contributed by atoms with Gasteiger partial charge in [-0.25, -0.2) is 9.97 Å². The van der Waals surface area contributed by atoms with Crippen molar-refractivity contribution in [2.45, 2.75) is 38.3 Å². The van der Waals surface area contributed by atoms with Crippen LogP contribution in [0, 0.1) is 0 Å². The molecule has 6 nitrogen and oxygen atoms in total. The summed E-state index contributed by atoms with van der Waals surface area (Å²) in [6.07, 6.45) is 8.74. The Bertz CT molecular complexity index is 876. The smallest absolute Gasteiger partial charge is 0.222 e. The van der Waals surface area contributed by atoms with Gasteiger partial charge in [0.1, 0.15) is 0 Å². The van der Waals surface area contributed by atoms with Gasteiger partial charge < -0.3 is 5.32 Å². The number of aromatic nitrogens is 4. The SMILES string of the molecule is O=C(CCn1cccn1)NC1CCCc2nc(-c3ccccc3)ncc21. The van der Waals surface area contributed by atoms with Gasteiger partial charge in [-0.3, -0.25) is 9.48 Å². The number of benzene rings is 1. The van der Waals surface area contributed by atoms with Crippen LogP contribution < -0.4 is 5.32 Å². The van der Waals surface area contributed by atoms with Crippen molar-refractivity contribution in [1.82, 2.24) is 25.1 Å². The highest BCUT2D eigenvalue weighted by molar-refractivity contribution is 5.76. The predicted molar refractivity (Wildman–Crippen MR) is 98.1 cm³/mol. The maximum atomic E-state index is 12.3. The first-order valence-corrected chi connectivity index (χ1v) is 8.97. The quantitative estimate of drug-likeness (QED) is 0.770. The average molecular weight is 347 g/mol. The van der Waals surface area contributed by atoms with E-state index in [2.05, 4.69) is 15.4 Å². The molecule has 1 aromatic carbocycles. The molecule has 4 rings (SSSR count). The summed E-state index contributed by atoms with van der Waals surface area (Å²) < 4.78 is 1.77. The molecule has 1 atom stereocenters. The van der Waals surface area contributed by atoms with E-state index in [1.54, 1.807) is 10.9 Å². The molecule has 1 amide bonds. The van der Waals surface area contributed by atoms with Crippen LogP contribution in [0.1, 0.15) is 36.6 Å². The lowest BCUT2D eigenvalue weighted by atomic mass is 9.92. The van der Waals surface area contributed by atoms with Crippen LogP contribution in [0.3, 0.4) is 0 Å². The first-order valence-electron chi connectivity index (χ1n) is 8.97. The fourth-order valence-electron chi connectivity index (χ4n) is 3.34. The molecule has 1 aliphatic rings. The number of rotatable bonds is 5. The minimum atomic E-state index is -0.00584. The van der Waals surface area contributed by atoms with Gasteiger partial charge in [-0.2, -0.15) is 5.10 Å². The zero-order valence-electron chi connectivity index (χ0n) is 14.5. The lowest BCUT2D eigenvalue weighted by molar-refractivity contribution is -0.122. The van der Waals surface area contributed by atoms with Gasteiger partial charge in [-0.15, -0.1) is 0 Å². The second kappa shape index (κ2) is 7.47. The predicted octanol–water partition coefficient (Wildman–Crippen LogP) is 2.92. The molecule has 6 heteroatoms. The largest absolute Gasteiger partial charge is 0.349 e. The Kier molecular flexibility index (Phi) is 4.73. The third-order valence-electron chi connectivity index (χ3n) is 4.68. The summed E-state index contributed by atoms with van der Waals surface area (Å²) >= 11 is 0. The summed E-state index contributed by atoms with van der Waals surface area (Å²) in [6.45, 7) is 0.585. The van der Waals surface area contributed by atoms with Crippen molar-refractivity contribution in [2.75, 3.05) is 0 Å². The molecular weight excluding hydrogens is 326 g/mol. The lowest BCUT2D eigenvalue weighted by Crippen LogP contribution is -2.32. The van der Waals surface area contributed by atoms with Crippen molar-refractivity contribution in [3.05, 3.63) is 66.2 Å². The number of carbonyl (C=O) groups excluding carboxylic acids is 1. The number of carbonyl (C=O) groups is 1. The molecular formula is C20H21N5O. The summed E-state index contributed by atoms with van der Waals surface area (Å²) in [7, 11) is 0. The lowest BCUT2D eigenvalue weighted by Gasteiger charge is -2.25. The minimum absolute atomic E-state index is 0.00584. The van der Waals surface area contributed by atoms with Gasteiger partial charge in [0.15, 0.2) is 5.82 Å². The van der Waals surface area contributed by atoms with Crippen LogP contribution in [0.25, 0.3) is 11.4 Å². The van der Waals surface area contributed by atoms with Gasteiger partial charge in [-0.1, -0.05) is 30.3 Å². The molecule has 1 N–H and O–H groups in total. The Morgan fingerprint density at radius 2 is 2.12 bits per heavy atom. The molecule has 0 radical (unpaired) electrons. The summed E-state index contributed by atoms with van der Waals surface area (Å²) in [6, 6.07) is 11.8. The number of hydrogen-bond acceptors (Lipinski definition) is 4. The van der Waals surface area contributed by atoms with E-state index in [1.165, 1.54) is 0 Å². The van der Waals surface area contributed by atoms with Gasteiger partial charge in [0.05, 0.1) is 6.04 Å². The van der Waals surface area contributed by atoms with E-state index in [1.807, 2.05) is 48.8 Å². The first-order chi connectivity index (χ1) is 12.8. The van der Waals surface area contributed by atoms with Crippen LogP contribution in [-0.2, 0) is 17.8 Å². The molecule has 0 aliphatic heterocycles. The van der Waals surface area contributed by atoms with Gasteiger partial charge in [0, 0.05) is 48.4 Å². The van der Waals surface area contributed by atoms with Gasteiger partial charge in [0.25, 0.3) is 0 Å². The van der Waals surface area contributed by atoms with E-state index in [0.717, 1.165) is 41.9 Å². The molecule has 0 saturated heterocycles. The summed E-state index contributed by atoms with van der Waals surface area (Å²) in [5.41, 5.74) is 3.10. The average Bonchev–Trinajstić information content (AvgIpc) is 3.21. The Labute approximate surface area is 152 Å². The maximum absolute atomic E-state index is 12.3. The highest BCUT2D eigenvalue weighted by atomic mass is 16.1. The van der Waals surface area contributed by atoms with Crippen molar-refractivity contribution in [2.24, 2.45) is 0 Å². The molecule has 0 saturated carbocycles. The Hall–Kier alpha value is -3.02. The fraction of sp³-hybridized carbons (Fsp3) is 0.300. The third-order valence-corrected chi connectivity index (χ3v) is 4.68. The van der Waals surface area contributed by atoms with E-state index < -0.39 is 0 Å². The molecule has 1 unspecified atom stereocenters. The van der Waals surface area contributed by atoms with Crippen LogP contribution in [0.2, 0.25) is 0 Å². The second-order valence-electron chi connectivity index (χ2n) is 6.49. The number of fused-ring (bicyclic) bond motifs is 1. The topological polar surface area (TPSA) is 72.7 Å². The van der Waals surface area contributed by atoms with Crippen LogP contribution >= 0.6 is 0 Å². The molecule has 0 bridgehead atoms. The fourth-order valence-corrected chi connectivity index (χ4v) is 3.34. The van der Waals surface area contributed by atoms with E-state index in [4.69, 9.17) is 4.98 Å². The van der Waals surface area contributed by atoms with Crippen LogP contribution in [0.15, 0.2) is 55.0 Å². The molecule has 26 heavy (non-hydrogen) atoms. The number of aryl methyl sites for hydroxylation is 2. The third kappa shape index (κ3) is 3.64. The van der Waals surface area contributed by atoms with Gasteiger partial charge in [0.2, 0.25) is 5.91 Å². The molecule has 2 aromatic heterocycles. The normalized spacial score (nSPS) is 16.1. The van der Waals surface area contributed by atoms with Crippen LogP contribution in [0.5, 0.6) is 0 Å².